The maximum atomic E-state index is 13.5. The van der Waals surface area contributed by atoms with Crippen molar-refractivity contribution in [1.29, 1.82) is 0 Å². The lowest BCUT2D eigenvalue weighted by molar-refractivity contribution is -0.139. The number of rotatable bonds is 4. The zero-order valence-electron chi connectivity index (χ0n) is 15.8. The molecule has 1 N–H and O–H groups in total. The Labute approximate surface area is 168 Å². The summed E-state index contributed by atoms with van der Waals surface area (Å²) in [5, 5.41) is 2.45. The first kappa shape index (κ1) is 19.5. The highest BCUT2D eigenvalue weighted by Crippen LogP contribution is 2.35. The molecule has 0 aromatic carbocycles. The largest absolute Gasteiger partial charge is 0.459 e. The molecule has 152 valence electrons. The van der Waals surface area contributed by atoms with Crippen LogP contribution in [-0.4, -0.2) is 59.2 Å². The smallest absolute Gasteiger partial charge is 0.287 e. The molecule has 4 atom stereocenters. The van der Waals surface area contributed by atoms with E-state index in [1.54, 1.807) is 12.1 Å². The second kappa shape index (κ2) is 7.87. The van der Waals surface area contributed by atoms with Crippen LogP contribution in [0.1, 0.15) is 43.2 Å². The van der Waals surface area contributed by atoms with Crippen LogP contribution in [0.25, 0.3) is 0 Å². The summed E-state index contributed by atoms with van der Waals surface area (Å²) >= 11 is 6.34. The van der Waals surface area contributed by atoms with Gasteiger partial charge in [-0.1, -0.05) is 19.8 Å². The Morgan fingerprint density at radius 3 is 2.71 bits per heavy atom. The number of carbonyl (C=O) groups is 3. The van der Waals surface area contributed by atoms with Crippen LogP contribution in [-0.2, 0) is 14.3 Å². The molecule has 7 nitrogen and oxygen atoms in total. The fourth-order valence-corrected chi connectivity index (χ4v) is 4.98. The minimum absolute atomic E-state index is 0.0211. The van der Waals surface area contributed by atoms with Crippen molar-refractivity contribution in [3.8, 4) is 0 Å². The highest BCUT2D eigenvalue weighted by Gasteiger charge is 2.53. The molecule has 1 aliphatic carbocycles. The van der Waals surface area contributed by atoms with Gasteiger partial charge in [-0.15, -0.1) is 11.6 Å². The van der Waals surface area contributed by atoms with Gasteiger partial charge in [-0.3, -0.25) is 14.4 Å². The molecule has 3 heterocycles. The molecule has 0 radical (unpaired) electrons. The fourth-order valence-electron chi connectivity index (χ4n) is 4.62. The molecule has 3 aliphatic rings. The van der Waals surface area contributed by atoms with E-state index in [0.29, 0.717) is 5.92 Å². The molecule has 1 aromatic rings. The summed E-state index contributed by atoms with van der Waals surface area (Å²) in [6.45, 7) is 2.43. The number of hydrogen-bond acceptors (Lipinski definition) is 5. The SMILES string of the molecule is CC1CCC([C@H](NC(=O)c2ccco2)C(=O)N2C[C@H](Cl)[C@H]3OCC(=O)[C@H]32)CC1. The normalized spacial score (nSPS) is 33.6. The first-order valence-corrected chi connectivity index (χ1v) is 10.3. The molecule has 1 aromatic heterocycles. The number of furan rings is 1. The summed E-state index contributed by atoms with van der Waals surface area (Å²) in [6.07, 6.45) is 4.69. The number of nitrogens with zero attached hydrogens (tertiary/aromatic N) is 1. The van der Waals surface area contributed by atoms with Crippen LogP contribution in [0.5, 0.6) is 0 Å². The third kappa shape index (κ3) is 3.57. The van der Waals surface area contributed by atoms with Crippen LogP contribution < -0.4 is 5.32 Å². The third-order valence-electron chi connectivity index (χ3n) is 6.24. The monoisotopic (exact) mass is 408 g/mol. The van der Waals surface area contributed by atoms with Crippen molar-refractivity contribution in [3.63, 3.8) is 0 Å². The molecular formula is C20H25ClN2O5. The van der Waals surface area contributed by atoms with E-state index in [1.807, 2.05) is 0 Å². The lowest BCUT2D eigenvalue weighted by Gasteiger charge is -2.35. The maximum Gasteiger partial charge on any atom is 0.287 e. The van der Waals surface area contributed by atoms with Crippen molar-refractivity contribution in [1.82, 2.24) is 10.2 Å². The Morgan fingerprint density at radius 1 is 1.29 bits per heavy atom. The molecule has 28 heavy (non-hydrogen) atoms. The molecule has 1 saturated carbocycles. The van der Waals surface area contributed by atoms with Gasteiger partial charge in [-0.25, -0.2) is 0 Å². The molecule has 2 aliphatic heterocycles. The van der Waals surface area contributed by atoms with Crippen molar-refractivity contribution in [2.75, 3.05) is 13.2 Å². The quantitative estimate of drug-likeness (QED) is 0.769. The Balaban J connectivity index is 1.56. The molecule has 3 fully saturated rings. The van der Waals surface area contributed by atoms with Gasteiger partial charge in [0.2, 0.25) is 5.91 Å². The zero-order chi connectivity index (χ0) is 19.8. The number of amides is 2. The molecule has 0 spiro atoms. The van der Waals surface area contributed by atoms with E-state index in [-0.39, 0.29) is 36.5 Å². The Bertz CT molecular complexity index is 744. The summed E-state index contributed by atoms with van der Waals surface area (Å²) < 4.78 is 10.7. The van der Waals surface area contributed by atoms with E-state index in [4.69, 9.17) is 20.8 Å². The van der Waals surface area contributed by atoms with E-state index >= 15 is 0 Å². The summed E-state index contributed by atoms with van der Waals surface area (Å²) in [6, 6.07) is 1.84. The van der Waals surface area contributed by atoms with Crippen LogP contribution in [0.15, 0.2) is 22.8 Å². The fraction of sp³-hybridized carbons (Fsp3) is 0.650. The number of ketones is 1. The van der Waals surface area contributed by atoms with Crippen LogP contribution in [0, 0.1) is 11.8 Å². The minimum Gasteiger partial charge on any atom is -0.459 e. The van der Waals surface area contributed by atoms with Crippen molar-refractivity contribution in [2.45, 2.75) is 56.2 Å². The Hall–Kier alpha value is -1.86. The number of ether oxygens (including phenoxy) is 1. The number of halogens is 1. The van der Waals surface area contributed by atoms with E-state index in [9.17, 15) is 14.4 Å². The van der Waals surface area contributed by atoms with Crippen LogP contribution in [0.4, 0.5) is 0 Å². The van der Waals surface area contributed by atoms with Crippen LogP contribution >= 0.6 is 11.6 Å². The molecule has 2 saturated heterocycles. The summed E-state index contributed by atoms with van der Waals surface area (Å²) in [7, 11) is 0. The van der Waals surface area contributed by atoms with Gasteiger partial charge in [0.15, 0.2) is 11.5 Å². The molecule has 0 bridgehead atoms. The maximum absolute atomic E-state index is 13.5. The van der Waals surface area contributed by atoms with Crippen molar-refractivity contribution >= 4 is 29.2 Å². The van der Waals surface area contributed by atoms with E-state index in [1.165, 1.54) is 11.2 Å². The zero-order valence-corrected chi connectivity index (χ0v) is 16.6. The van der Waals surface area contributed by atoms with Gasteiger partial charge >= 0.3 is 0 Å². The summed E-state index contributed by atoms with van der Waals surface area (Å²) in [5.74, 6) is -0.00825. The summed E-state index contributed by atoms with van der Waals surface area (Å²) in [5.41, 5.74) is 0. The van der Waals surface area contributed by atoms with Crippen LogP contribution in [0.3, 0.4) is 0 Å². The number of likely N-dealkylation sites (tertiary alicyclic amines) is 1. The second-order valence-electron chi connectivity index (χ2n) is 8.14. The number of nitrogens with one attached hydrogen (secondary N) is 1. The first-order valence-electron chi connectivity index (χ1n) is 9.89. The number of carbonyl (C=O) groups excluding carboxylic acids is 3. The van der Waals surface area contributed by atoms with Crippen LogP contribution in [0.2, 0.25) is 0 Å². The number of Topliss-reactive ketones (excluding diaryl/α,β-unsaturated/α-hetero) is 1. The van der Waals surface area contributed by atoms with Gasteiger partial charge < -0.3 is 19.4 Å². The number of hydrogen-bond donors (Lipinski definition) is 1. The van der Waals surface area contributed by atoms with Gasteiger partial charge in [0.25, 0.3) is 5.91 Å². The van der Waals surface area contributed by atoms with Gasteiger partial charge in [0.1, 0.15) is 24.8 Å². The molecule has 4 rings (SSSR count). The van der Waals surface area contributed by atoms with Crippen molar-refractivity contribution in [3.05, 3.63) is 24.2 Å². The highest BCUT2D eigenvalue weighted by molar-refractivity contribution is 6.22. The third-order valence-corrected chi connectivity index (χ3v) is 6.62. The standard InChI is InChI=1S/C20H25ClN2O5/c1-11-4-6-12(7-5-11)16(22-19(25)15-3-2-8-27-15)20(26)23-9-13(21)18-17(23)14(24)10-28-18/h2-3,8,11-13,16-18H,4-7,9-10H2,1H3,(H,22,25)/t11?,12?,13-,16-,17+,18+/m0/s1. The minimum atomic E-state index is -0.707. The number of alkyl halides is 1. The van der Waals surface area contributed by atoms with Crippen molar-refractivity contribution in [2.24, 2.45) is 11.8 Å². The molecule has 2 amide bonds. The van der Waals surface area contributed by atoms with E-state index in [0.717, 1.165) is 25.7 Å². The molecular weight excluding hydrogens is 384 g/mol. The van der Waals surface area contributed by atoms with E-state index < -0.39 is 29.5 Å². The topological polar surface area (TPSA) is 88.8 Å². The van der Waals surface area contributed by atoms with Crippen molar-refractivity contribution < 1.29 is 23.5 Å². The predicted molar refractivity (Wildman–Crippen MR) is 101 cm³/mol. The van der Waals surface area contributed by atoms with Gasteiger partial charge in [0.05, 0.1) is 11.6 Å². The van der Waals surface area contributed by atoms with E-state index in [2.05, 4.69) is 12.2 Å². The predicted octanol–water partition coefficient (Wildman–Crippen LogP) is 1.99. The highest BCUT2D eigenvalue weighted by atomic mass is 35.5. The average molecular weight is 409 g/mol. The Morgan fingerprint density at radius 2 is 2.04 bits per heavy atom. The second-order valence-corrected chi connectivity index (χ2v) is 8.70. The molecule has 8 heteroatoms. The lowest BCUT2D eigenvalue weighted by atomic mass is 9.78. The molecule has 0 unspecified atom stereocenters. The first-order chi connectivity index (χ1) is 13.5. The number of fused-ring (bicyclic) bond motifs is 1. The van der Waals surface area contributed by atoms with Gasteiger partial charge in [-0.05, 0) is 36.8 Å². The van der Waals surface area contributed by atoms with Gasteiger partial charge in [-0.2, -0.15) is 0 Å². The Kier molecular flexibility index (Phi) is 5.47. The summed E-state index contributed by atoms with van der Waals surface area (Å²) in [4.78, 5) is 39.9. The lowest BCUT2D eigenvalue weighted by Crippen LogP contribution is -2.55. The average Bonchev–Trinajstić information content (AvgIpc) is 3.40. The van der Waals surface area contributed by atoms with Gasteiger partial charge in [0, 0.05) is 6.54 Å².